The molecule has 104 valence electrons. The van der Waals surface area contributed by atoms with Crippen molar-refractivity contribution in [1.82, 2.24) is 15.3 Å². The highest BCUT2D eigenvalue weighted by Gasteiger charge is 2.25. The van der Waals surface area contributed by atoms with E-state index >= 15 is 0 Å². The smallest absolute Gasteiger partial charge is 0.190 e. The van der Waals surface area contributed by atoms with Crippen LogP contribution in [0.3, 0.4) is 0 Å². The fourth-order valence-corrected chi connectivity index (χ4v) is 2.33. The van der Waals surface area contributed by atoms with Crippen molar-refractivity contribution in [2.24, 2.45) is 0 Å². The van der Waals surface area contributed by atoms with Gasteiger partial charge in [-0.05, 0) is 25.0 Å². The van der Waals surface area contributed by atoms with Crippen molar-refractivity contribution in [3.05, 3.63) is 42.0 Å². The Morgan fingerprint density at radius 1 is 1.25 bits per heavy atom. The monoisotopic (exact) mass is 271 g/mol. The van der Waals surface area contributed by atoms with Crippen LogP contribution >= 0.6 is 0 Å². The molecule has 0 bridgehead atoms. The van der Waals surface area contributed by atoms with E-state index in [0.717, 1.165) is 29.6 Å². The maximum Gasteiger partial charge on any atom is 0.190 e. The number of para-hydroxylation sites is 2. The quantitative estimate of drug-likeness (QED) is 0.894. The third-order valence-electron chi connectivity index (χ3n) is 3.62. The zero-order valence-corrected chi connectivity index (χ0v) is 11.1. The van der Waals surface area contributed by atoms with Crippen LogP contribution in [0.25, 0.3) is 0 Å². The van der Waals surface area contributed by atoms with E-state index in [1.54, 1.807) is 0 Å². The van der Waals surface area contributed by atoms with Crippen LogP contribution in [0.2, 0.25) is 0 Å². The van der Waals surface area contributed by atoms with Gasteiger partial charge in [0.1, 0.15) is 6.61 Å². The number of H-pyrrole nitrogens is 1. The number of aromatic nitrogens is 2. The molecule has 2 heterocycles. The molecule has 2 aliphatic rings. The third-order valence-corrected chi connectivity index (χ3v) is 3.62. The molecule has 5 nitrogen and oxygen atoms in total. The number of benzene rings is 1. The van der Waals surface area contributed by atoms with Crippen LogP contribution in [0, 0.1) is 0 Å². The highest BCUT2D eigenvalue weighted by atomic mass is 16.6. The second-order valence-corrected chi connectivity index (χ2v) is 5.31. The zero-order chi connectivity index (χ0) is 13.4. The normalized spacial score (nSPS) is 20.9. The molecule has 2 aromatic rings. The topological polar surface area (TPSA) is 59.2 Å². The van der Waals surface area contributed by atoms with E-state index < -0.39 is 0 Å². The first-order valence-electron chi connectivity index (χ1n) is 7.04. The number of hydrogen-bond acceptors (Lipinski definition) is 4. The molecule has 0 radical (unpaired) electrons. The molecule has 1 aromatic heterocycles. The molecule has 0 saturated heterocycles. The molecule has 0 amide bonds. The van der Waals surface area contributed by atoms with Gasteiger partial charge in [0.2, 0.25) is 0 Å². The van der Waals surface area contributed by atoms with E-state index in [4.69, 9.17) is 9.47 Å². The summed E-state index contributed by atoms with van der Waals surface area (Å²) in [5.74, 6) is 2.40. The SMILES string of the molecule is c1ccc2c(c1)OCC(c1ncc(CNC3CC3)[nH]1)O2. The van der Waals surface area contributed by atoms with Crippen LogP contribution in [0.15, 0.2) is 30.5 Å². The van der Waals surface area contributed by atoms with Gasteiger partial charge in [0.05, 0.1) is 0 Å². The van der Waals surface area contributed by atoms with Gasteiger partial charge in [0.15, 0.2) is 23.4 Å². The largest absolute Gasteiger partial charge is 0.485 e. The predicted molar refractivity (Wildman–Crippen MR) is 73.8 cm³/mol. The highest BCUT2D eigenvalue weighted by Crippen LogP contribution is 2.35. The molecule has 1 fully saturated rings. The van der Waals surface area contributed by atoms with E-state index in [1.807, 2.05) is 30.5 Å². The molecule has 0 spiro atoms. The van der Waals surface area contributed by atoms with Crippen molar-refractivity contribution in [1.29, 1.82) is 0 Å². The molecule has 20 heavy (non-hydrogen) atoms. The minimum atomic E-state index is -0.167. The number of ether oxygens (including phenoxy) is 2. The number of rotatable bonds is 4. The summed E-state index contributed by atoms with van der Waals surface area (Å²) in [6.45, 7) is 1.32. The standard InChI is InChI=1S/C15H17N3O2/c1-2-4-13-12(3-1)19-9-14(20-13)15-17-8-11(18-15)7-16-10-5-6-10/h1-4,8,10,14,16H,5-7,9H2,(H,17,18). The molecular formula is C15H17N3O2. The van der Waals surface area contributed by atoms with Gasteiger partial charge >= 0.3 is 0 Å². The lowest BCUT2D eigenvalue weighted by atomic mass is 10.2. The lowest BCUT2D eigenvalue weighted by molar-refractivity contribution is 0.0856. The summed E-state index contributed by atoms with van der Waals surface area (Å²) in [4.78, 5) is 7.73. The fourth-order valence-electron chi connectivity index (χ4n) is 2.33. The van der Waals surface area contributed by atoms with E-state index in [-0.39, 0.29) is 6.10 Å². The molecular weight excluding hydrogens is 254 g/mol. The molecule has 1 unspecified atom stereocenters. The van der Waals surface area contributed by atoms with Gasteiger partial charge in [-0.3, -0.25) is 0 Å². The average molecular weight is 271 g/mol. The number of imidazole rings is 1. The summed E-state index contributed by atoms with van der Waals surface area (Å²) < 4.78 is 11.6. The van der Waals surface area contributed by atoms with Crippen LogP contribution in [0.5, 0.6) is 11.5 Å². The second-order valence-electron chi connectivity index (χ2n) is 5.31. The van der Waals surface area contributed by atoms with Gasteiger partial charge in [0.25, 0.3) is 0 Å². The van der Waals surface area contributed by atoms with Crippen molar-refractivity contribution in [2.75, 3.05) is 6.61 Å². The predicted octanol–water partition coefficient (Wildman–Crippen LogP) is 2.17. The number of nitrogens with zero attached hydrogens (tertiary/aromatic N) is 1. The van der Waals surface area contributed by atoms with Gasteiger partial charge < -0.3 is 19.8 Å². The lowest BCUT2D eigenvalue weighted by Gasteiger charge is -2.24. The Bertz CT molecular complexity index is 607. The number of aromatic amines is 1. The Kier molecular flexibility index (Phi) is 2.85. The number of nitrogens with one attached hydrogen (secondary N) is 2. The van der Waals surface area contributed by atoms with Gasteiger partial charge in [-0.1, -0.05) is 12.1 Å². The summed E-state index contributed by atoms with van der Waals surface area (Å²) in [6.07, 6.45) is 4.28. The summed E-state index contributed by atoms with van der Waals surface area (Å²) >= 11 is 0. The molecule has 4 rings (SSSR count). The first-order valence-corrected chi connectivity index (χ1v) is 7.04. The molecule has 2 N–H and O–H groups in total. The van der Waals surface area contributed by atoms with E-state index in [0.29, 0.717) is 12.6 Å². The van der Waals surface area contributed by atoms with E-state index in [1.165, 1.54) is 12.8 Å². The highest BCUT2D eigenvalue weighted by molar-refractivity contribution is 5.41. The van der Waals surface area contributed by atoms with Gasteiger partial charge in [0, 0.05) is 24.5 Å². The van der Waals surface area contributed by atoms with Crippen molar-refractivity contribution < 1.29 is 9.47 Å². The van der Waals surface area contributed by atoms with Crippen LogP contribution < -0.4 is 14.8 Å². The maximum atomic E-state index is 5.93. The van der Waals surface area contributed by atoms with Gasteiger partial charge in [-0.2, -0.15) is 0 Å². The molecule has 1 aliphatic carbocycles. The average Bonchev–Trinajstić information content (AvgIpc) is 3.21. The third kappa shape index (κ3) is 2.36. The molecule has 1 atom stereocenters. The minimum Gasteiger partial charge on any atom is -0.485 e. The zero-order valence-electron chi connectivity index (χ0n) is 11.1. The molecule has 1 saturated carbocycles. The molecule has 1 aromatic carbocycles. The Labute approximate surface area is 117 Å². The Hall–Kier alpha value is -2.01. The van der Waals surface area contributed by atoms with Crippen molar-refractivity contribution >= 4 is 0 Å². The Morgan fingerprint density at radius 2 is 2.10 bits per heavy atom. The number of hydrogen-bond donors (Lipinski definition) is 2. The molecule has 1 aliphatic heterocycles. The summed E-state index contributed by atoms with van der Waals surface area (Å²) in [7, 11) is 0. The first kappa shape index (κ1) is 11.8. The summed E-state index contributed by atoms with van der Waals surface area (Å²) in [5.41, 5.74) is 1.09. The van der Waals surface area contributed by atoms with E-state index in [9.17, 15) is 0 Å². The van der Waals surface area contributed by atoms with E-state index in [2.05, 4.69) is 15.3 Å². The fraction of sp³-hybridized carbons (Fsp3) is 0.400. The Morgan fingerprint density at radius 3 is 2.95 bits per heavy atom. The lowest BCUT2D eigenvalue weighted by Crippen LogP contribution is -2.22. The van der Waals surface area contributed by atoms with Crippen LogP contribution in [0.1, 0.15) is 30.5 Å². The second kappa shape index (κ2) is 4.83. The van der Waals surface area contributed by atoms with Crippen LogP contribution in [0.4, 0.5) is 0 Å². The summed E-state index contributed by atoms with van der Waals surface area (Å²) in [5, 5.41) is 3.46. The minimum absolute atomic E-state index is 0.167. The first-order chi connectivity index (χ1) is 9.88. The van der Waals surface area contributed by atoms with Crippen molar-refractivity contribution in [3.8, 4) is 11.5 Å². The van der Waals surface area contributed by atoms with Crippen LogP contribution in [-0.2, 0) is 6.54 Å². The van der Waals surface area contributed by atoms with Crippen molar-refractivity contribution in [2.45, 2.75) is 31.5 Å². The maximum absolute atomic E-state index is 5.93. The van der Waals surface area contributed by atoms with Crippen molar-refractivity contribution in [3.63, 3.8) is 0 Å². The molecule has 5 heteroatoms. The van der Waals surface area contributed by atoms with Crippen LogP contribution in [-0.4, -0.2) is 22.6 Å². The Balaban J connectivity index is 1.45. The van der Waals surface area contributed by atoms with Gasteiger partial charge in [-0.15, -0.1) is 0 Å². The van der Waals surface area contributed by atoms with Gasteiger partial charge in [-0.25, -0.2) is 4.98 Å². The summed E-state index contributed by atoms with van der Waals surface area (Å²) in [6, 6.07) is 8.41. The number of fused-ring (bicyclic) bond motifs is 1.